The van der Waals surface area contributed by atoms with Crippen molar-refractivity contribution in [1.29, 1.82) is 0 Å². The SMILES string of the molecule is CCC(C)C(NC(=O)OCC1c2ccccc2-c2ccccc21)C(=O)N1CCSCC1CC(=O)O. The molecule has 8 heteroatoms. The molecular weight excluding hydrogens is 464 g/mol. The number of amides is 2. The fourth-order valence-corrected chi connectivity index (χ4v) is 6.01. The van der Waals surface area contributed by atoms with Gasteiger partial charge in [0.2, 0.25) is 5.91 Å². The summed E-state index contributed by atoms with van der Waals surface area (Å²) in [5, 5.41) is 12.1. The van der Waals surface area contributed by atoms with Crippen molar-refractivity contribution in [3.8, 4) is 11.1 Å². The van der Waals surface area contributed by atoms with E-state index in [1.807, 2.05) is 38.1 Å². The van der Waals surface area contributed by atoms with E-state index >= 15 is 0 Å². The predicted molar refractivity (Wildman–Crippen MR) is 137 cm³/mol. The number of nitrogens with one attached hydrogen (secondary N) is 1. The van der Waals surface area contributed by atoms with Crippen molar-refractivity contribution in [3.63, 3.8) is 0 Å². The van der Waals surface area contributed by atoms with Crippen LogP contribution in [-0.4, -0.2) is 64.7 Å². The van der Waals surface area contributed by atoms with Crippen molar-refractivity contribution in [2.45, 2.75) is 44.7 Å². The number of nitrogens with zero attached hydrogens (tertiary/aromatic N) is 1. The monoisotopic (exact) mass is 496 g/mol. The maximum Gasteiger partial charge on any atom is 0.407 e. The Morgan fingerprint density at radius 1 is 1.11 bits per heavy atom. The van der Waals surface area contributed by atoms with Crippen molar-refractivity contribution in [3.05, 3.63) is 59.7 Å². The minimum atomic E-state index is -0.931. The van der Waals surface area contributed by atoms with Gasteiger partial charge in [0.15, 0.2) is 0 Å². The molecule has 7 nitrogen and oxygen atoms in total. The van der Waals surface area contributed by atoms with E-state index in [0.717, 1.165) is 28.0 Å². The molecule has 0 saturated carbocycles. The fraction of sp³-hybridized carbons (Fsp3) is 0.444. The zero-order chi connectivity index (χ0) is 24.9. The largest absolute Gasteiger partial charge is 0.481 e. The molecule has 2 aliphatic rings. The first-order valence-electron chi connectivity index (χ1n) is 12.1. The highest BCUT2D eigenvalue weighted by atomic mass is 32.2. The van der Waals surface area contributed by atoms with Crippen LogP contribution in [-0.2, 0) is 14.3 Å². The number of aliphatic carboxylic acids is 1. The third kappa shape index (κ3) is 5.48. The average molecular weight is 497 g/mol. The molecule has 0 aromatic heterocycles. The molecule has 0 bridgehead atoms. The van der Waals surface area contributed by atoms with Crippen LogP contribution in [0.5, 0.6) is 0 Å². The molecule has 0 radical (unpaired) electrons. The number of alkyl carbamates (subject to hydrolysis) is 1. The first-order valence-corrected chi connectivity index (χ1v) is 13.3. The van der Waals surface area contributed by atoms with Crippen LogP contribution < -0.4 is 5.32 Å². The number of carbonyl (C=O) groups is 3. The minimum absolute atomic E-state index is 0.0648. The number of benzene rings is 2. The summed E-state index contributed by atoms with van der Waals surface area (Å²) in [6, 6.07) is 15.1. The zero-order valence-electron chi connectivity index (χ0n) is 20.1. The van der Waals surface area contributed by atoms with Gasteiger partial charge in [-0.15, -0.1) is 0 Å². The Balaban J connectivity index is 1.45. The van der Waals surface area contributed by atoms with Crippen molar-refractivity contribution >= 4 is 29.7 Å². The van der Waals surface area contributed by atoms with Gasteiger partial charge in [0.05, 0.1) is 12.5 Å². The van der Waals surface area contributed by atoms with E-state index in [4.69, 9.17) is 4.74 Å². The maximum atomic E-state index is 13.5. The lowest BCUT2D eigenvalue weighted by molar-refractivity contribution is -0.141. The van der Waals surface area contributed by atoms with Crippen molar-refractivity contribution in [2.75, 3.05) is 24.7 Å². The summed E-state index contributed by atoms with van der Waals surface area (Å²) < 4.78 is 5.67. The molecule has 186 valence electrons. The van der Waals surface area contributed by atoms with Crippen LogP contribution >= 0.6 is 11.8 Å². The quantitative estimate of drug-likeness (QED) is 0.564. The number of carbonyl (C=O) groups excluding carboxylic acids is 2. The normalized spacial score (nSPS) is 18.8. The molecule has 1 aliphatic heterocycles. The van der Waals surface area contributed by atoms with Gasteiger partial charge >= 0.3 is 12.1 Å². The lowest BCUT2D eigenvalue weighted by Gasteiger charge is -2.38. The fourth-order valence-electron chi connectivity index (χ4n) is 4.94. The van der Waals surface area contributed by atoms with E-state index in [1.54, 1.807) is 16.7 Å². The van der Waals surface area contributed by atoms with Gasteiger partial charge in [-0.1, -0.05) is 68.8 Å². The minimum Gasteiger partial charge on any atom is -0.481 e. The highest BCUT2D eigenvalue weighted by molar-refractivity contribution is 7.99. The molecule has 2 aromatic rings. The Kier molecular flexibility index (Phi) is 8.00. The molecule has 2 amide bonds. The summed E-state index contributed by atoms with van der Waals surface area (Å²) in [7, 11) is 0. The molecule has 1 saturated heterocycles. The van der Waals surface area contributed by atoms with Crippen molar-refractivity contribution in [1.82, 2.24) is 10.2 Å². The van der Waals surface area contributed by atoms with Gasteiger partial charge < -0.3 is 20.1 Å². The second-order valence-electron chi connectivity index (χ2n) is 9.19. The van der Waals surface area contributed by atoms with E-state index in [0.29, 0.717) is 18.7 Å². The Morgan fingerprint density at radius 3 is 2.34 bits per heavy atom. The lowest BCUT2D eigenvalue weighted by atomic mass is 9.97. The van der Waals surface area contributed by atoms with Crippen LogP contribution in [0.2, 0.25) is 0 Å². The number of ether oxygens (including phenoxy) is 1. The topological polar surface area (TPSA) is 95.9 Å². The summed E-state index contributed by atoms with van der Waals surface area (Å²) >= 11 is 1.65. The summed E-state index contributed by atoms with van der Waals surface area (Å²) in [4.78, 5) is 39.3. The highest BCUT2D eigenvalue weighted by Gasteiger charge is 2.36. The number of carboxylic acids is 1. The first-order chi connectivity index (χ1) is 16.9. The molecule has 3 unspecified atom stereocenters. The molecule has 4 rings (SSSR count). The van der Waals surface area contributed by atoms with E-state index in [1.165, 1.54) is 0 Å². The molecule has 35 heavy (non-hydrogen) atoms. The molecule has 0 spiro atoms. The number of carboxylic acid groups (broad SMARTS) is 1. The summed E-state index contributed by atoms with van der Waals surface area (Å²) in [5.74, 6) is -0.0247. The zero-order valence-corrected chi connectivity index (χ0v) is 20.9. The molecule has 1 fully saturated rings. The smallest absolute Gasteiger partial charge is 0.407 e. The first kappa shape index (κ1) is 25.1. The van der Waals surface area contributed by atoms with Gasteiger partial charge in [-0.25, -0.2) is 4.79 Å². The standard InChI is InChI=1S/C27H32N2O5S/c1-3-17(2)25(26(32)29-12-13-35-16-18(29)14-24(30)31)28-27(33)34-15-23-21-10-6-4-8-19(21)20-9-5-7-11-22(20)23/h4-11,17-18,23,25H,3,12-16H2,1-2H3,(H,28,33)(H,30,31). The number of hydrogen-bond donors (Lipinski definition) is 2. The van der Waals surface area contributed by atoms with Crippen LogP contribution in [0.15, 0.2) is 48.5 Å². The highest BCUT2D eigenvalue weighted by Crippen LogP contribution is 2.44. The maximum absolute atomic E-state index is 13.5. The van der Waals surface area contributed by atoms with Crippen molar-refractivity contribution < 1.29 is 24.2 Å². The molecule has 2 N–H and O–H groups in total. The third-order valence-electron chi connectivity index (χ3n) is 7.02. The van der Waals surface area contributed by atoms with Gasteiger partial charge in [-0.2, -0.15) is 11.8 Å². The third-order valence-corrected chi connectivity index (χ3v) is 8.11. The molecule has 1 heterocycles. The molecular formula is C27H32N2O5S. The van der Waals surface area contributed by atoms with Crippen LogP contribution in [0.1, 0.15) is 43.7 Å². The average Bonchev–Trinajstić information content (AvgIpc) is 3.19. The Labute approximate surface area is 210 Å². The number of rotatable bonds is 8. The molecule has 1 aliphatic carbocycles. The predicted octanol–water partition coefficient (Wildman–Crippen LogP) is 4.36. The van der Waals surface area contributed by atoms with Crippen LogP contribution in [0, 0.1) is 5.92 Å². The summed E-state index contributed by atoms with van der Waals surface area (Å²) in [6.45, 7) is 4.52. The Hall–Kier alpha value is -3.00. The summed E-state index contributed by atoms with van der Waals surface area (Å²) in [6.07, 6.45) is -0.0462. The van der Waals surface area contributed by atoms with Gasteiger partial charge in [-0.3, -0.25) is 9.59 Å². The lowest BCUT2D eigenvalue weighted by Crippen LogP contribution is -2.57. The molecule has 3 atom stereocenters. The molecule has 2 aromatic carbocycles. The summed E-state index contributed by atoms with van der Waals surface area (Å²) in [5.41, 5.74) is 4.55. The number of hydrogen-bond acceptors (Lipinski definition) is 5. The van der Waals surface area contributed by atoms with E-state index < -0.39 is 18.1 Å². The van der Waals surface area contributed by atoms with E-state index in [2.05, 4.69) is 29.6 Å². The Morgan fingerprint density at radius 2 is 1.74 bits per heavy atom. The van der Waals surface area contributed by atoms with Crippen LogP contribution in [0.3, 0.4) is 0 Å². The van der Waals surface area contributed by atoms with Gasteiger partial charge in [0.25, 0.3) is 0 Å². The second kappa shape index (κ2) is 11.2. The second-order valence-corrected chi connectivity index (χ2v) is 10.3. The van der Waals surface area contributed by atoms with E-state index in [9.17, 15) is 19.5 Å². The number of fused-ring (bicyclic) bond motifs is 3. The van der Waals surface area contributed by atoms with Gasteiger partial charge in [-0.05, 0) is 28.2 Å². The van der Waals surface area contributed by atoms with Crippen molar-refractivity contribution in [2.24, 2.45) is 5.92 Å². The number of thioether (sulfide) groups is 1. The van der Waals surface area contributed by atoms with Gasteiger partial charge in [0.1, 0.15) is 12.6 Å². The van der Waals surface area contributed by atoms with Crippen LogP contribution in [0.25, 0.3) is 11.1 Å². The van der Waals surface area contributed by atoms with Crippen LogP contribution in [0.4, 0.5) is 4.79 Å². The van der Waals surface area contributed by atoms with E-state index in [-0.39, 0.29) is 36.8 Å². The van der Waals surface area contributed by atoms with Gasteiger partial charge in [0, 0.05) is 24.0 Å². The Bertz CT molecular complexity index is 1050.